The summed E-state index contributed by atoms with van der Waals surface area (Å²) in [6, 6.07) is 6.29. The van der Waals surface area contributed by atoms with E-state index in [1.54, 1.807) is 29.2 Å². The monoisotopic (exact) mass is 346 g/mol. The van der Waals surface area contributed by atoms with Crippen LogP contribution < -0.4 is 4.90 Å². The molecule has 3 heterocycles. The van der Waals surface area contributed by atoms with Crippen LogP contribution in [0.3, 0.4) is 0 Å². The third kappa shape index (κ3) is 2.78. The van der Waals surface area contributed by atoms with Crippen LogP contribution in [-0.4, -0.2) is 60.3 Å². The molecule has 2 bridgehead atoms. The lowest BCUT2D eigenvalue weighted by atomic mass is 9.82. The molecule has 2 saturated heterocycles. The summed E-state index contributed by atoms with van der Waals surface area (Å²) in [6.45, 7) is 2.29. The van der Waals surface area contributed by atoms with Crippen LogP contribution in [0, 0.1) is 17.7 Å². The molecule has 3 aliphatic heterocycles. The fraction of sp³-hybridized carbons (Fsp3) is 0.444. The number of nitrogens with zero attached hydrogens (tertiary/aromatic N) is 2. The zero-order valence-electron chi connectivity index (χ0n) is 13.5. The highest BCUT2D eigenvalue weighted by Gasteiger charge is 2.54. The number of carboxylic acid groups (broad SMARTS) is 1. The van der Waals surface area contributed by atoms with E-state index in [0.29, 0.717) is 26.2 Å². The normalized spacial score (nSPS) is 30.8. The number of aliphatic carboxylic acids is 1. The molecular weight excluding hydrogens is 327 g/mol. The van der Waals surface area contributed by atoms with Crippen molar-refractivity contribution in [3.05, 3.63) is 42.2 Å². The predicted octanol–water partition coefficient (Wildman–Crippen LogP) is 1.13. The first-order valence-electron chi connectivity index (χ1n) is 8.40. The van der Waals surface area contributed by atoms with Gasteiger partial charge >= 0.3 is 5.97 Å². The van der Waals surface area contributed by atoms with Gasteiger partial charge in [0, 0.05) is 31.9 Å². The van der Waals surface area contributed by atoms with Crippen LogP contribution in [-0.2, 0) is 14.3 Å². The van der Waals surface area contributed by atoms with Gasteiger partial charge in [0.05, 0.1) is 18.1 Å². The lowest BCUT2D eigenvalue weighted by molar-refractivity contribution is -0.149. The summed E-state index contributed by atoms with van der Waals surface area (Å²) < 4.78 is 18.6. The third-order valence-electron chi connectivity index (χ3n) is 5.25. The molecule has 0 radical (unpaired) electrons. The van der Waals surface area contributed by atoms with Crippen LogP contribution in [0.1, 0.15) is 0 Å². The average Bonchev–Trinajstić information content (AvgIpc) is 3.23. The van der Waals surface area contributed by atoms with Crippen LogP contribution in [0.25, 0.3) is 0 Å². The lowest BCUT2D eigenvalue weighted by Gasteiger charge is -2.38. The van der Waals surface area contributed by atoms with Crippen molar-refractivity contribution < 1.29 is 23.8 Å². The van der Waals surface area contributed by atoms with Crippen LogP contribution in [0.2, 0.25) is 0 Å². The molecule has 1 aromatic carbocycles. The molecule has 6 nitrogen and oxygen atoms in total. The summed E-state index contributed by atoms with van der Waals surface area (Å²) in [4.78, 5) is 28.2. The number of anilines is 1. The van der Waals surface area contributed by atoms with E-state index in [1.807, 2.05) is 0 Å². The maximum atomic E-state index is 13.0. The summed E-state index contributed by atoms with van der Waals surface area (Å²) >= 11 is 0. The van der Waals surface area contributed by atoms with Gasteiger partial charge in [0.15, 0.2) is 0 Å². The van der Waals surface area contributed by atoms with Crippen molar-refractivity contribution in [3.63, 3.8) is 0 Å². The Kier molecular flexibility index (Phi) is 3.95. The molecule has 4 rings (SSSR count). The molecule has 4 atom stereocenters. The maximum Gasteiger partial charge on any atom is 0.310 e. The van der Waals surface area contributed by atoms with Crippen molar-refractivity contribution in [1.82, 2.24) is 4.90 Å². The highest BCUT2D eigenvalue weighted by atomic mass is 19.1. The molecular formula is C18H19FN2O4. The fourth-order valence-corrected chi connectivity index (χ4v) is 3.94. The van der Waals surface area contributed by atoms with E-state index >= 15 is 0 Å². The van der Waals surface area contributed by atoms with Crippen LogP contribution >= 0.6 is 0 Å². The van der Waals surface area contributed by atoms with Gasteiger partial charge < -0.3 is 19.6 Å². The summed E-state index contributed by atoms with van der Waals surface area (Å²) in [7, 11) is 0. The maximum absolute atomic E-state index is 13.0. The minimum atomic E-state index is -0.986. The SMILES string of the molecule is O=C(O)[C@H]1[C@@H](C(=O)N2CCN(c3ccc(F)cc3)CC2)[C@H]2C=C[C@H]1O2. The topological polar surface area (TPSA) is 70.1 Å². The van der Waals surface area contributed by atoms with Gasteiger partial charge in [0.2, 0.25) is 5.91 Å². The van der Waals surface area contributed by atoms with Crippen molar-refractivity contribution in [2.24, 2.45) is 11.8 Å². The molecule has 0 saturated carbocycles. The van der Waals surface area contributed by atoms with E-state index < -0.39 is 30.0 Å². The van der Waals surface area contributed by atoms with Crippen LogP contribution in [0.5, 0.6) is 0 Å². The number of fused-ring (bicyclic) bond motifs is 2. The average molecular weight is 346 g/mol. The number of carbonyl (C=O) groups is 2. The van der Waals surface area contributed by atoms with Gasteiger partial charge in [-0.15, -0.1) is 0 Å². The van der Waals surface area contributed by atoms with Gasteiger partial charge in [-0.1, -0.05) is 12.2 Å². The van der Waals surface area contributed by atoms with Crippen molar-refractivity contribution in [2.45, 2.75) is 12.2 Å². The highest BCUT2D eigenvalue weighted by Crippen LogP contribution is 2.40. The second kappa shape index (κ2) is 6.15. The molecule has 132 valence electrons. The fourth-order valence-electron chi connectivity index (χ4n) is 3.94. The zero-order chi connectivity index (χ0) is 17.6. The zero-order valence-corrected chi connectivity index (χ0v) is 13.5. The van der Waals surface area contributed by atoms with E-state index in [9.17, 15) is 19.1 Å². The van der Waals surface area contributed by atoms with Crippen molar-refractivity contribution >= 4 is 17.6 Å². The molecule has 0 unspecified atom stereocenters. The number of amides is 1. The largest absolute Gasteiger partial charge is 0.481 e. The quantitative estimate of drug-likeness (QED) is 0.831. The van der Waals surface area contributed by atoms with Gasteiger partial charge in [-0.2, -0.15) is 0 Å². The van der Waals surface area contributed by atoms with Crippen molar-refractivity contribution in [1.29, 1.82) is 0 Å². The molecule has 0 aliphatic carbocycles. The standard InChI is InChI=1S/C18H19FN2O4/c19-11-1-3-12(4-2-11)20-7-9-21(10-8-20)17(22)15-13-5-6-14(25-13)16(15)18(23)24/h1-6,13-16H,7-10H2,(H,23,24)/t13-,14-,15+,16-/m1/s1. The van der Waals surface area contributed by atoms with E-state index in [2.05, 4.69) is 4.90 Å². The molecule has 1 aromatic rings. The Morgan fingerprint density at radius 3 is 2.20 bits per heavy atom. The molecule has 2 fully saturated rings. The first-order chi connectivity index (χ1) is 12.0. The molecule has 1 amide bonds. The van der Waals surface area contributed by atoms with Crippen molar-refractivity contribution in [3.8, 4) is 0 Å². The Balaban J connectivity index is 1.42. The Hall–Kier alpha value is -2.41. The number of piperazine rings is 1. The molecule has 7 heteroatoms. The third-order valence-corrected chi connectivity index (χ3v) is 5.25. The summed E-state index contributed by atoms with van der Waals surface area (Å²) in [5, 5.41) is 9.44. The van der Waals surface area contributed by atoms with Crippen LogP contribution in [0.4, 0.5) is 10.1 Å². The summed E-state index contributed by atoms with van der Waals surface area (Å²) in [5.41, 5.74) is 0.920. The van der Waals surface area contributed by atoms with E-state index in [4.69, 9.17) is 4.74 Å². The van der Waals surface area contributed by atoms with Gasteiger partial charge in [-0.05, 0) is 24.3 Å². The van der Waals surface area contributed by atoms with E-state index in [-0.39, 0.29) is 11.7 Å². The first-order valence-corrected chi connectivity index (χ1v) is 8.40. The van der Waals surface area contributed by atoms with Gasteiger partial charge in [-0.3, -0.25) is 9.59 Å². The van der Waals surface area contributed by atoms with Crippen molar-refractivity contribution in [2.75, 3.05) is 31.1 Å². The summed E-state index contributed by atoms with van der Waals surface area (Å²) in [5.74, 6) is -2.87. The molecule has 0 aromatic heterocycles. The molecule has 0 spiro atoms. The van der Waals surface area contributed by atoms with Gasteiger partial charge in [0.25, 0.3) is 0 Å². The Labute approximate surface area is 144 Å². The Bertz CT molecular complexity index is 712. The second-order valence-corrected chi connectivity index (χ2v) is 6.63. The lowest BCUT2D eigenvalue weighted by Crippen LogP contribution is -2.53. The smallest absolute Gasteiger partial charge is 0.310 e. The number of halogens is 1. The predicted molar refractivity (Wildman–Crippen MR) is 87.6 cm³/mol. The number of hydrogen-bond acceptors (Lipinski definition) is 4. The second-order valence-electron chi connectivity index (χ2n) is 6.63. The number of carbonyl (C=O) groups excluding carboxylic acids is 1. The number of ether oxygens (including phenoxy) is 1. The first kappa shape index (κ1) is 16.1. The number of benzene rings is 1. The highest BCUT2D eigenvalue weighted by molar-refractivity contribution is 5.87. The van der Waals surface area contributed by atoms with Crippen LogP contribution in [0.15, 0.2) is 36.4 Å². The summed E-state index contributed by atoms with van der Waals surface area (Å²) in [6.07, 6.45) is 2.59. The molecule has 25 heavy (non-hydrogen) atoms. The van der Waals surface area contributed by atoms with E-state index in [0.717, 1.165) is 5.69 Å². The van der Waals surface area contributed by atoms with Gasteiger partial charge in [0.1, 0.15) is 11.7 Å². The minimum Gasteiger partial charge on any atom is -0.481 e. The molecule has 3 aliphatic rings. The Morgan fingerprint density at radius 2 is 1.60 bits per heavy atom. The number of rotatable bonds is 3. The van der Waals surface area contributed by atoms with Gasteiger partial charge in [-0.25, -0.2) is 4.39 Å². The Morgan fingerprint density at radius 1 is 1.00 bits per heavy atom. The molecule has 1 N–H and O–H groups in total. The number of carboxylic acids is 1. The number of hydrogen-bond donors (Lipinski definition) is 1. The van der Waals surface area contributed by atoms with E-state index in [1.165, 1.54) is 12.1 Å². The minimum absolute atomic E-state index is 0.150.